The van der Waals surface area contributed by atoms with Gasteiger partial charge in [-0.05, 0) is 24.2 Å². The maximum absolute atomic E-state index is 12.0. The van der Waals surface area contributed by atoms with Crippen molar-refractivity contribution >= 4 is 5.91 Å². The van der Waals surface area contributed by atoms with E-state index in [9.17, 15) is 4.79 Å². The molecule has 0 aromatic heterocycles. The van der Waals surface area contributed by atoms with Gasteiger partial charge in [-0.1, -0.05) is 34.6 Å². The molecule has 0 heterocycles. The Morgan fingerprint density at radius 3 is 2.12 bits per heavy atom. The first-order valence-electron chi connectivity index (χ1n) is 5.95. The Hall–Kier alpha value is -1.04. The summed E-state index contributed by atoms with van der Waals surface area (Å²) < 4.78 is 0. The quantitative estimate of drug-likeness (QED) is 0.797. The Balaban J connectivity index is 2.71. The summed E-state index contributed by atoms with van der Waals surface area (Å²) in [4.78, 5) is 12.0. The average Bonchev–Trinajstić information content (AvgIpc) is 2.91. The molecule has 0 aromatic rings. The van der Waals surface area contributed by atoms with Crippen LogP contribution in [0.15, 0.2) is 0 Å². The Morgan fingerprint density at radius 2 is 1.88 bits per heavy atom. The zero-order valence-corrected chi connectivity index (χ0v) is 10.9. The van der Waals surface area contributed by atoms with Gasteiger partial charge in [0.15, 0.2) is 0 Å². The Bertz CT molecular complexity index is 316. The summed E-state index contributed by atoms with van der Waals surface area (Å²) in [6.45, 7) is 10.5. The maximum atomic E-state index is 12.0. The number of nitriles is 1. The van der Waals surface area contributed by atoms with Gasteiger partial charge in [-0.2, -0.15) is 5.26 Å². The SMILES string of the molecule is CC(C)[C@@H](NC(=O)C1(C#N)CC1)C(C)(C)C. The molecule has 0 aromatic carbocycles. The van der Waals surface area contributed by atoms with E-state index in [1.54, 1.807) is 0 Å². The average molecular weight is 222 g/mol. The Kier molecular flexibility index (Phi) is 3.33. The van der Waals surface area contributed by atoms with Crippen LogP contribution in [0.5, 0.6) is 0 Å². The molecule has 0 saturated heterocycles. The Morgan fingerprint density at radius 1 is 1.38 bits per heavy atom. The standard InChI is InChI=1S/C13H22N2O/c1-9(2)10(12(3,4)5)15-11(16)13(8-14)6-7-13/h9-10H,6-7H2,1-5H3,(H,15,16)/t10-/m1/s1. The molecule has 16 heavy (non-hydrogen) atoms. The lowest BCUT2D eigenvalue weighted by molar-refractivity contribution is -0.126. The van der Waals surface area contributed by atoms with Gasteiger partial charge in [-0.3, -0.25) is 4.79 Å². The number of amides is 1. The predicted molar refractivity (Wildman–Crippen MR) is 63.5 cm³/mol. The zero-order valence-electron chi connectivity index (χ0n) is 10.9. The Labute approximate surface area is 98.2 Å². The van der Waals surface area contributed by atoms with Crippen LogP contribution < -0.4 is 5.32 Å². The highest BCUT2D eigenvalue weighted by Crippen LogP contribution is 2.45. The van der Waals surface area contributed by atoms with E-state index in [0.29, 0.717) is 18.8 Å². The van der Waals surface area contributed by atoms with Gasteiger partial charge in [0, 0.05) is 6.04 Å². The second kappa shape index (κ2) is 4.08. The highest BCUT2D eigenvalue weighted by atomic mass is 16.2. The van der Waals surface area contributed by atoms with Gasteiger partial charge >= 0.3 is 0 Å². The van der Waals surface area contributed by atoms with Crippen LogP contribution in [0.2, 0.25) is 0 Å². The molecule has 90 valence electrons. The number of carbonyl (C=O) groups excluding carboxylic acids is 1. The number of hydrogen-bond acceptors (Lipinski definition) is 2. The molecule has 1 amide bonds. The van der Waals surface area contributed by atoms with Gasteiger partial charge in [-0.15, -0.1) is 0 Å². The van der Waals surface area contributed by atoms with E-state index < -0.39 is 5.41 Å². The molecule has 0 bridgehead atoms. The fourth-order valence-corrected chi connectivity index (χ4v) is 2.18. The van der Waals surface area contributed by atoms with Crippen molar-refractivity contribution in [3.63, 3.8) is 0 Å². The molecular weight excluding hydrogens is 200 g/mol. The molecule has 1 saturated carbocycles. The molecule has 1 fully saturated rings. The van der Waals surface area contributed by atoms with E-state index in [0.717, 1.165) is 0 Å². The fourth-order valence-electron chi connectivity index (χ4n) is 2.18. The smallest absolute Gasteiger partial charge is 0.240 e. The molecule has 0 unspecified atom stereocenters. The van der Waals surface area contributed by atoms with E-state index >= 15 is 0 Å². The van der Waals surface area contributed by atoms with Crippen LogP contribution in [-0.2, 0) is 4.79 Å². The van der Waals surface area contributed by atoms with Gasteiger partial charge in [0.05, 0.1) is 6.07 Å². The number of rotatable bonds is 3. The van der Waals surface area contributed by atoms with Crippen LogP contribution in [0, 0.1) is 28.1 Å². The number of hydrogen-bond donors (Lipinski definition) is 1. The van der Waals surface area contributed by atoms with Crippen LogP contribution >= 0.6 is 0 Å². The first kappa shape index (κ1) is 13.0. The monoisotopic (exact) mass is 222 g/mol. The van der Waals surface area contributed by atoms with Crippen molar-refractivity contribution in [2.75, 3.05) is 0 Å². The molecule has 1 rings (SSSR count). The predicted octanol–water partition coefficient (Wildman–Crippen LogP) is 2.48. The normalized spacial score (nSPS) is 20.1. The fraction of sp³-hybridized carbons (Fsp3) is 0.846. The third-order valence-electron chi connectivity index (χ3n) is 3.28. The van der Waals surface area contributed by atoms with Gasteiger partial charge in [0.25, 0.3) is 0 Å². The summed E-state index contributed by atoms with van der Waals surface area (Å²) in [6.07, 6.45) is 1.43. The minimum atomic E-state index is -0.710. The van der Waals surface area contributed by atoms with Gasteiger partial charge < -0.3 is 5.32 Å². The first-order valence-corrected chi connectivity index (χ1v) is 5.95. The van der Waals surface area contributed by atoms with E-state index in [4.69, 9.17) is 5.26 Å². The zero-order chi connectivity index (χ0) is 12.6. The minimum absolute atomic E-state index is 0.0232. The van der Waals surface area contributed by atoms with Crippen molar-refractivity contribution in [3.05, 3.63) is 0 Å². The molecule has 1 N–H and O–H groups in total. The lowest BCUT2D eigenvalue weighted by atomic mass is 9.80. The van der Waals surface area contributed by atoms with E-state index in [-0.39, 0.29) is 17.4 Å². The van der Waals surface area contributed by atoms with Crippen molar-refractivity contribution in [1.29, 1.82) is 5.26 Å². The summed E-state index contributed by atoms with van der Waals surface area (Å²) in [5.41, 5.74) is -0.687. The molecule has 0 aliphatic heterocycles. The van der Waals surface area contributed by atoms with Crippen LogP contribution in [-0.4, -0.2) is 11.9 Å². The van der Waals surface area contributed by atoms with Gasteiger partial charge in [0.1, 0.15) is 5.41 Å². The van der Waals surface area contributed by atoms with Crippen LogP contribution in [0.3, 0.4) is 0 Å². The second-order valence-corrected chi connectivity index (χ2v) is 6.26. The van der Waals surface area contributed by atoms with E-state index in [1.165, 1.54) is 0 Å². The van der Waals surface area contributed by atoms with Crippen molar-refractivity contribution in [2.24, 2.45) is 16.7 Å². The third-order valence-corrected chi connectivity index (χ3v) is 3.28. The molecule has 3 heteroatoms. The largest absolute Gasteiger partial charge is 0.351 e. The number of nitrogens with zero attached hydrogens (tertiary/aromatic N) is 1. The van der Waals surface area contributed by atoms with E-state index in [1.807, 2.05) is 0 Å². The topological polar surface area (TPSA) is 52.9 Å². The van der Waals surface area contributed by atoms with Crippen LogP contribution in [0.25, 0.3) is 0 Å². The van der Waals surface area contributed by atoms with Gasteiger partial charge in [0.2, 0.25) is 5.91 Å². The van der Waals surface area contributed by atoms with Crippen molar-refractivity contribution in [3.8, 4) is 6.07 Å². The molecule has 1 aliphatic carbocycles. The molecule has 1 atom stereocenters. The van der Waals surface area contributed by atoms with E-state index in [2.05, 4.69) is 46.0 Å². The molecule has 0 radical (unpaired) electrons. The van der Waals surface area contributed by atoms with Crippen LogP contribution in [0.1, 0.15) is 47.5 Å². The third kappa shape index (κ3) is 2.55. The highest BCUT2D eigenvalue weighted by molar-refractivity contribution is 5.88. The summed E-state index contributed by atoms with van der Waals surface area (Å²) >= 11 is 0. The minimum Gasteiger partial charge on any atom is -0.351 e. The number of nitrogens with one attached hydrogen (secondary N) is 1. The summed E-state index contributed by atoms with van der Waals surface area (Å²) in [6, 6.07) is 2.25. The summed E-state index contributed by atoms with van der Waals surface area (Å²) in [5.74, 6) is 0.294. The van der Waals surface area contributed by atoms with Gasteiger partial charge in [-0.25, -0.2) is 0 Å². The lowest BCUT2D eigenvalue weighted by Crippen LogP contribution is -2.49. The summed E-state index contributed by atoms with van der Waals surface area (Å²) in [7, 11) is 0. The van der Waals surface area contributed by atoms with Crippen LogP contribution in [0.4, 0.5) is 0 Å². The van der Waals surface area contributed by atoms with Crippen molar-refractivity contribution in [1.82, 2.24) is 5.32 Å². The summed E-state index contributed by atoms with van der Waals surface area (Å²) in [5, 5.41) is 12.0. The molecular formula is C13H22N2O. The highest BCUT2D eigenvalue weighted by Gasteiger charge is 2.51. The van der Waals surface area contributed by atoms with Crippen molar-refractivity contribution < 1.29 is 4.79 Å². The lowest BCUT2D eigenvalue weighted by Gasteiger charge is -2.35. The molecule has 3 nitrogen and oxygen atoms in total. The molecule has 0 spiro atoms. The van der Waals surface area contributed by atoms with Crippen molar-refractivity contribution in [2.45, 2.75) is 53.5 Å². The second-order valence-electron chi connectivity index (χ2n) is 6.26. The molecule has 1 aliphatic rings. The first-order chi connectivity index (χ1) is 7.23. The number of carbonyl (C=O) groups is 1. The maximum Gasteiger partial charge on any atom is 0.240 e.